The lowest BCUT2D eigenvalue weighted by Gasteiger charge is -2.17. The molecule has 22 heavy (non-hydrogen) atoms. The first-order valence-corrected chi connectivity index (χ1v) is 6.79. The van der Waals surface area contributed by atoms with Gasteiger partial charge in [0.1, 0.15) is 0 Å². The SMILES string of the molecule is COC(=O)CCNC(=O)c1ccc(NC(=O)C(C)(C)N)cc1. The maximum absolute atomic E-state index is 11.8. The molecule has 1 rings (SSSR count). The normalized spacial score (nSPS) is 10.7. The number of amides is 2. The average molecular weight is 307 g/mol. The highest BCUT2D eigenvalue weighted by atomic mass is 16.5. The van der Waals surface area contributed by atoms with Crippen LogP contribution in [-0.4, -0.2) is 37.0 Å². The number of benzene rings is 1. The van der Waals surface area contributed by atoms with Crippen molar-refractivity contribution >= 4 is 23.5 Å². The Bertz CT molecular complexity index is 547. The molecular weight excluding hydrogens is 286 g/mol. The van der Waals surface area contributed by atoms with E-state index in [0.717, 1.165) is 0 Å². The van der Waals surface area contributed by atoms with Crippen molar-refractivity contribution in [2.75, 3.05) is 19.0 Å². The molecule has 0 radical (unpaired) electrons. The minimum Gasteiger partial charge on any atom is -0.469 e. The van der Waals surface area contributed by atoms with Crippen LogP contribution in [0.25, 0.3) is 0 Å². The number of hydrogen-bond donors (Lipinski definition) is 3. The molecule has 0 spiro atoms. The lowest BCUT2D eigenvalue weighted by molar-refractivity contribution is -0.140. The van der Waals surface area contributed by atoms with Crippen molar-refractivity contribution in [2.24, 2.45) is 5.73 Å². The molecular formula is C15H21N3O4. The van der Waals surface area contributed by atoms with E-state index in [1.54, 1.807) is 38.1 Å². The van der Waals surface area contributed by atoms with E-state index in [0.29, 0.717) is 11.3 Å². The number of esters is 1. The van der Waals surface area contributed by atoms with Crippen LogP contribution in [0.2, 0.25) is 0 Å². The second-order valence-corrected chi connectivity index (χ2v) is 5.34. The molecule has 7 heteroatoms. The fraction of sp³-hybridized carbons (Fsp3) is 0.400. The van der Waals surface area contributed by atoms with E-state index in [4.69, 9.17) is 5.73 Å². The summed E-state index contributed by atoms with van der Waals surface area (Å²) in [5.41, 5.74) is 5.68. The molecule has 120 valence electrons. The van der Waals surface area contributed by atoms with Gasteiger partial charge in [0.05, 0.1) is 19.1 Å². The van der Waals surface area contributed by atoms with Crippen LogP contribution in [0.15, 0.2) is 24.3 Å². The van der Waals surface area contributed by atoms with Crippen LogP contribution >= 0.6 is 0 Å². The number of nitrogens with two attached hydrogens (primary N) is 1. The summed E-state index contributed by atoms with van der Waals surface area (Å²) in [4.78, 5) is 34.5. The molecule has 0 aliphatic rings. The van der Waals surface area contributed by atoms with Gasteiger partial charge in [-0.2, -0.15) is 0 Å². The molecule has 4 N–H and O–H groups in total. The van der Waals surface area contributed by atoms with Gasteiger partial charge in [-0.3, -0.25) is 14.4 Å². The molecule has 0 saturated heterocycles. The summed E-state index contributed by atoms with van der Waals surface area (Å²) in [6.45, 7) is 3.41. The van der Waals surface area contributed by atoms with Crippen molar-refractivity contribution in [1.29, 1.82) is 0 Å². The molecule has 0 bridgehead atoms. The molecule has 1 aromatic carbocycles. The predicted octanol–water partition coefficient (Wildman–Crippen LogP) is 0.655. The van der Waals surface area contributed by atoms with Gasteiger partial charge in [-0.15, -0.1) is 0 Å². The van der Waals surface area contributed by atoms with Gasteiger partial charge in [-0.1, -0.05) is 0 Å². The Kier molecular flexibility index (Phi) is 6.06. The van der Waals surface area contributed by atoms with E-state index in [9.17, 15) is 14.4 Å². The summed E-state index contributed by atoms with van der Waals surface area (Å²) < 4.78 is 4.48. The van der Waals surface area contributed by atoms with Crippen molar-refractivity contribution < 1.29 is 19.1 Å². The van der Waals surface area contributed by atoms with Gasteiger partial charge in [0, 0.05) is 17.8 Å². The van der Waals surface area contributed by atoms with Crippen LogP contribution < -0.4 is 16.4 Å². The summed E-state index contributed by atoms with van der Waals surface area (Å²) in [7, 11) is 1.29. The highest BCUT2D eigenvalue weighted by Crippen LogP contribution is 2.11. The quantitative estimate of drug-likeness (QED) is 0.668. The molecule has 0 aliphatic carbocycles. The lowest BCUT2D eigenvalue weighted by Crippen LogP contribution is -2.45. The molecule has 1 aromatic rings. The Morgan fingerprint density at radius 1 is 1.18 bits per heavy atom. The van der Waals surface area contributed by atoms with Gasteiger partial charge in [-0.05, 0) is 38.1 Å². The topological polar surface area (TPSA) is 111 Å². The fourth-order valence-corrected chi connectivity index (χ4v) is 1.48. The fourth-order valence-electron chi connectivity index (χ4n) is 1.48. The Morgan fingerprint density at radius 2 is 1.77 bits per heavy atom. The number of rotatable bonds is 6. The van der Waals surface area contributed by atoms with Crippen LogP contribution in [0.4, 0.5) is 5.69 Å². The second-order valence-electron chi connectivity index (χ2n) is 5.34. The number of methoxy groups -OCH3 is 1. The number of hydrogen-bond acceptors (Lipinski definition) is 5. The van der Waals surface area contributed by atoms with Crippen molar-refractivity contribution in [3.05, 3.63) is 29.8 Å². The first-order chi connectivity index (χ1) is 10.2. The number of carbonyl (C=O) groups excluding carboxylic acids is 3. The van der Waals surface area contributed by atoms with Crippen molar-refractivity contribution in [3.8, 4) is 0 Å². The van der Waals surface area contributed by atoms with Crippen molar-refractivity contribution in [1.82, 2.24) is 5.32 Å². The van der Waals surface area contributed by atoms with Crippen LogP contribution in [0.1, 0.15) is 30.6 Å². The zero-order chi connectivity index (χ0) is 16.8. The van der Waals surface area contributed by atoms with Gasteiger partial charge in [0.25, 0.3) is 5.91 Å². The van der Waals surface area contributed by atoms with Gasteiger partial charge in [0.15, 0.2) is 0 Å². The average Bonchev–Trinajstić information content (AvgIpc) is 2.46. The zero-order valence-electron chi connectivity index (χ0n) is 12.9. The van der Waals surface area contributed by atoms with Gasteiger partial charge in [-0.25, -0.2) is 0 Å². The Hall–Kier alpha value is -2.41. The smallest absolute Gasteiger partial charge is 0.307 e. The molecule has 0 fully saturated rings. The van der Waals surface area contributed by atoms with Crippen molar-refractivity contribution in [3.63, 3.8) is 0 Å². The van der Waals surface area contributed by atoms with E-state index in [-0.39, 0.29) is 30.7 Å². The number of nitrogens with one attached hydrogen (secondary N) is 2. The van der Waals surface area contributed by atoms with Crippen LogP contribution in [0, 0.1) is 0 Å². The molecule has 0 saturated carbocycles. The first-order valence-electron chi connectivity index (χ1n) is 6.79. The third kappa shape index (κ3) is 5.53. The summed E-state index contributed by atoms with van der Waals surface area (Å²) in [5.74, 6) is -1.01. The molecule has 0 heterocycles. The highest BCUT2D eigenvalue weighted by molar-refractivity contribution is 5.98. The van der Waals surface area contributed by atoms with Crippen LogP contribution in [0.5, 0.6) is 0 Å². The molecule has 0 aromatic heterocycles. The van der Waals surface area contributed by atoms with Gasteiger partial charge < -0.3 is 21.1 Å². The minimum atomic E-state index is -0.982. The van der Waals surface area contributed by atoms with E-state index in [2.05, 4.69) is 15.4 Å². The third-order valence-corrected chi connectivity index (χ3v) is 2.83. The Labute approximate surface area is 129 Å². The summed E-state index contributed by atoms with van der Waals surface area (Å²) in [6.07, 6.45) is 0.113. The summed E-state index contributed by atoms with van der Waals surface area (Å²) in [5, 5.41) is 5.26. The molecule has 2 amide bonds. The summed E-state index contributed by atoms with van der Waals surface area (Å²) in [6, 6.07) is 6.37. The maximum Gasteiger partial charge on any atom is 0.307 e. The monoisotopic (exact) mass is 307 g/mol. The molecule has 0 unspecified atom stereocenters. The molecule has 0 atom stereocenters. The third-order valence-electron chi connectivity index (χ3n) is 2.83. The molecule has 7 nitrogen and oxygen atoms in total. The van der Waals surface area contributed by atoms with Crippen LogP contribution in [0.3, 0.4) is 0 Å². The zero-order valence-corrected chi connectivity index (χ0v) is 12.9. The van der Waals surface area contributed by atoms with Gasteiger partial charge >= 0.3 is 5.97 Å². The highest BCUT2D eigenvalue weighted by Gasteiger charge is 2.21. The van der Waals surface area contributed by atoms with Gasteiger partial charge in [0.2, 0.25) is 5.91 Å². The number of anilines is 1. The predicted molar refractivity (Wildman–Crippen MR) is 82.3 cm³/mol. The van der Waals surface area contributed by atoms with E-state index < -0.39 is 5.54 Å². The standard InChI is InChI=1S/C15H21N3O4/c1-15(2,16)14(21)18-11-6-4-10(5-7-11)13(20)17-9-8-12(19)22-3/h4-7H,8-9,16H2,1-3H3,(H,17,20)(H,18,21). The van der Waals surface area contributed by atoms with E-state index in [1.165, 1.54) is 7.11 Å². The second kappa shape index (κ2) is 7.56. The van der Waals surface area contributed by atoms with Crippen molar-refractivity contribution in [2.45, 2.75) is 25.8 Å². The van der Waals surface area contributed by atoms with E-state index in [1.807, 2.05) is 0 Å². The van der Waals surface area contributed by atoms with E-state index >= 15 is 0 Å². The molecule has 0 aliphatic heterocycles. The largest absolute Gasteiger partial charge is 0.469 e. The number of carbonyl (C=O) groups is 3. The number of ether oxygens (including phenoxy) is 1. The maximum atomic E-state index is 11.8. The summed E-state index contributed by atoms with van der Waals surface area (Å²) >= 11 is 0. The lowest BCUT2D eigenvalue weighted by atomic mass is 10.1. The first kappa shape index (κ1) is 17.6. The Morgan fingerprint density at radius 3 is 2.27 bits per heavy atom. The van der Waals surface area contributed by atoms with Crippen LogP contribution in [-0.2, 0) is 14.3 Å². The minimum absolute atomic E-state index is 0.113. The Balaban J connectivity index is 2.55.